The molecule has 176 valence electrons. The van der Waals surface area contributed by atoms with E-state index in [0.29, 0.717) is 34.3 Å². The smallest absolute Gasteiger partial charge is 0.137 e. The number of halogens is 1. The van der Waals surface area contributed by atoms with Gasteiger partial charge in [-0.1, -0.05) is 35.9 Å². The fourth-order valence-corrected chi connectivity index (χ4v) is 4.81. The Morgan fingerprint density at radius 2 is 1.97 bits per heavy atom. The first-order chi connectivity index (χ1) is 16.7. The summed E-state index contributed by atoms with van der Waals surface area (Å²) in [7, 11) is 0. The van der Waals surface area contributed by atoms with Crippen molar-refractivity contribution in [2.24, 2.45) is 11.8 Å². The van der Waals surface area contributed by atoms with E-state index in [1.54, 1.807) is 24.4 Å². The summed E-state index contributed by atoms with van der Waals surface area (Å²) in [5.41, 5.74) is 1.15. The highest BCUT2D eigenvalue weighted by atomic mass is 35.5. The molecule has 2 aromatic rings. The minimum atomic E-state index is 0.175. The van der Waals surface area contributed by atoms with E-state index in [0.717, 1.165) is 44.1 Å². The van der Waals surface area contributed by atoms with Crippen LogP contribution in [-0.2, 0) is 11.3 Å². The van der Waals surface area contributed by atoms with Gasteiger partial charge in [0.05, 0.1) is 17.4 Å². The molecule has 0 radical (unpaired) electrons. The first-order valence-electron chi connectivity index (χ1n) is 11.8. The average Bonchev–Trinajstić information content (AvgIpc) is 2.80. The minimum Gasteiger partial charge on any atom is -0.488 e. The predicted octanol–water partition coefficient (Wildman–Crippen LogP) is 4.79. The Balaban J connectivity index is 1.09. The maximum absolute atomic E-state index is 9.27. The minimum absolute atomic E-state index is 0.175. The van der Waals surface area contributed by atoms with Gasteiger partial charge in [-0.25, -0.2) is 0 Å². The van der Waals surface area contributed by atoms with E-state index in [1.807, 2.05) is 12.1 Å². The third-order valence-electron chi connectivity index (χ3n) is 6.63. The number of nitriles is 1. The molecule has 0 spiro atoms. The summed E-state index contributed by atoms with van der Waals surface area (Å²) in [5.74, 6) is 2.37. The molecule has 0 bridgehead atoms. The van der Waals surface area contributed by atoms with Crippen LogP contribution in [0.5, 0.6) is 11.5 Å². The standard InChI is InChI=1S/C27H28ClN3O3/c28-22-5-6-27(21(11-22)14-29)33-18-23-13-25(7-9-30-23)34-26-16-31(17-26)15-20-4-2-1-3-19(20)12-24-8-10-32-24/h1-7,9,11,13,19-20,24,26H,8,10,12,15-18H2. The molecule has 34 heavy (non-hydrogen) atoms. The molecule has 0 saturated carbocycles. The molecule has 1 aromatic heterocycles. The summed E-state index contributed by atoms with van der Waals surface area (Å²) in [4.78, 5) is 6.83. The predicted molar refractivity (Wildman–Crippen MR) is 130 cm³/mol. The lowest BCUT2D eigenvalue weighted by atomic mass is 9.82. The van der Waals surface area contributed by atoms with Gasteiger partial charge in [0.15, 0.2) is 0 Å². The molecule has 3 aliphatic rings. The second kappa shape index (κ2) is 10.6. The van der Waals surface area contributed by atoms with E-state index >= 15 is 0 Å². The maximum atomic E-state index is 9.27. The van der Waals surface area contributed by atoms with Crippen LogP contribution in [-0.4, -0.2) is 48.3 Å². The van der Waals surface area contributed by atoms with Crippen molar-refractivity contribution in [1.29, 1.82) is 5.26 Å². The van der Waals surface area contributed by atoms with Crippen molar-refractivity contribution in [3.05, 3.63) is 77.1 Å². The average molecular weight is 478 g/mol. The fourth-order valence-electron chi connectivity index (χ4n) is 4.63. The molecule has 3 heterocycles. The van der Waals surface area contributed by atoms with Crippen molar-refractivity contribution in [2.75, 3.05) is 26.2 Å². The highest BCUT2D eigenvalue weighted by Gasteiger charge is 2.33. The molecule has 3 atom stereocenters. The van der Waals surface area contributed by atoms with Gasteiger partial charge in [-0.05, 0) is 48.9 Å². The molecule has 1 aliphatic carbocycles. The van der Waals surface area contributed by atoms with Crippen LogP contribution in [0, 0.1) is 23.2 Å². The van der Waals surface area contributed by atoms with Crippen molar-refractivity contribution in [3.63, 3.8) is 0 Å². The second-order valence-corrected chi connectivity index (χ2v) is 9.53. The number of hydrogen-bond acceptors (Lipinski definition) is 6. The van der Waals surface area contributed by atoms with Crippen molar-refractivity contribution >= 4 is 11.6 Å². The van der Waals surface area contributed by atoms with Gasteiger partial charge in [-0.15, -0.1) is 0 Å². The lowest BCUT2D eigenvalue weighted by Gasteiger charge is -2.42. The van der Waals surface area contributed by atoms with E-state index < -0.39 is 0 Å². The number of nitrogens with zero attached hydrogens (tertiary/aromatic N) is 3. The van der Waals surface area contributed by atoms with E-state index in [4.69, 9.17) is 25.8 Å². The molecular weight excluding hydrogens is 450 g/mol. The molecule has 2 aliphatic heterocycles. The molecule has 1 aromatic carbocycles. The van der Waals surface area contributed by atoms with E-state index in [1.165, 1.54) is 6.42 Å². The number of aromatic nitrogens is 1. The van der Waals surface area contributed by atoms with Crippen LogP contribution in [0.3, 0.4) is 0 Å². The Morgan fingerprint density at radius 3 is 2.74 bits per heavy atom. The third-order valence-corrected chi connectivity index (χ3v) is 6.86. The van der Waals surface area contributed by atoms with Crippen molar-refractivity contribution < 1.29 is 14.2 Å². The quantitative estimate of drug-likeness (QED) is 0.517. The summed E-state index contributed by atoms with van der Waals surface area (Å²) in [6.07, 6.45) is 13.7. The number of ether oxygens (including phenoxy) is 3. The van der Waals surface area contributed by atoms with E-state index in [9.17, 15) is 5.26 Å². The highest BCUT2D eigenvalue weighted by Crippen LogP contribution is 2.31. The van der Waals surface area contributed by atoms with Crippen LogP contribution in [0.2, 0.25) is 5.02 Å². The zero-order valence-corrected chi connectivity index (χ0v) is 19.7. The summed E-state index contributed by atoms with van der Waals surface area (Å²) < 4.78 is 17.6. The van der Waals surface area contributed by atoms with Gasteiger partial charge < -0.3 is 14.2 Å². The fraction of sp³-hybridized carbons (Fsp3) is 0.407. The Hall–Kier alpha value is -2.85. The van der Waals surface area contributed by atoms with Crippen molar-refractivity contribution in [2.45, 2.75) is 31.7 Å². The van der Waals surface area contributed by atoms with Crippen LogP contribution in [0.25, 0.3) is 0 Å². The Kier molecular flexibility index (Phi) is 7.15. The molecule has 6 nitrogen and oxygen atoms in total. The van der Waals surface area contributed by atoms with Crippen LogP contribution in [0.1, 0.15) is 24.1 Å². The van der Waals surface area contributed by atoms with Crippen LogP contribution in [0.15, 0.2) is 60.8 Å². The SMILES string of the molecule is N#Cc1cc(Cl)ccc1OCc1cc(OC2CN(CC3C=CC=CC3CC3CCO3)C2)ccn1. The van der Waals surface area contributed by atoms with Gasteiger partial charge in [-0.2, -0.15) is 5.26 Å². The second-order valence-electron chi connectivity index (χ2n) is 9.10. The largest absolute Gasteiger partial charge is 0.488 e. The first kappa shape index (κ1) is 22.9. The molecular formula is C27H28ClN3O3. The number of benzene rings is 1. The Bertz CT molecular complexity index is 1100. The Labute approximate surface area is 205 Å². The summed E-state index contributed by atoms with van der Waals surface area (Å²) >= 11 is 5.95. The van der Waals surface area contributed by atoms with Gasteiger partial charge in [-0.3, -0.25) is 9.88 Å². The molecule has 5 rings (SSSR count). The lowest BCUT2D eigenvalue weighted by Crippen LogP contribution is -2.55. The lowest BCUT2D eigenvalue weighted by molar-refractivity contribution is -0.0642. The molecule has 7 heteroatoms. The summed E-state index contributed by atoms with van der Waals surface area (Å²) in [6.45, 7) is 4.06. The van der Waals surface area contributed by atoms with Gasteiger partial charge in [0.1, 0.15) is 30.3 Å². The zero-order valence-electron chi connectivity index (χ0n) is 19.0. The molecule has 3 unspecified atom stereocenters. The third kappa shape index (κ3) is 5.61. The number of rotatable bonds is 9. The molecule has 2 saturated heterocycles. The number of pyridine rings is 1. The normalized spacial score (nSPS) is 24.2. The van der Waals surface area contributed by atoms with E-state index in [-0.39, 0.29) is 12.7 Å². The topological polar surface area (TPSA) is 67.6 Å². The molecule has 2 fully saturated rings. The van der Waals surface area contributed by atoms with Crippen molar-refractivity contribution in [3.8, 4) is 17.6 Å². The molecule has 0 amide bonds. The number of likely N-dealkylation sites (tertiary alicyclic amines) is 1. The van der Waals surface area contributed by atoms with Gasteiger partial charge in [0.2, 0.25) is 0 Å². The van der Waals surface area contributed by atoms with Gasteiger partial charge in [0, 0.05) is 43.5 Å². The van der Waals surface area contributed by atoms with E-state index in [2.05, 4.69) is 40.3 Å². The summed E-state index contributed by atoms with van der Waals surface area (Å²) in [5, 5.41) is 9.77. The zero-order chi connectivity index (χ0) is 23.3. The number of allylic oxidation sites excluding steroid dienone is 3. The molecule has 0 N–H and O–H groups in total. The Morgan fingerprint density at radius 1 is 1.15 bits per heavy atom. The number of hydrogen-bond donors (Lipinski definition) is 0. The van der Waals surface area contributed by atoms with Crippen molar-refractivity contribution in [1.82, 2.24) is 9.88 Å². The van der Waals surface area contributed by atoms with Crippen LogP contribution < -0.4 is 9.47 Å². The maximum Gasteiger partial charge on any atom is 0.137 e. The van der Waals surface area contributed by atoms with Crippen LogP contribution >= 0.6 is 11.6 Å². The summed E-state index contributed by atoms with van der Waals surface area (Å²) in [6, 6.07) is 10.9. The van der Waals surface area contributed by atoms with Gasteiger partial charge in [0.25, 0.3) is 0 Å². The first-order valence-corrected chi connectivity index (χ1v) is 12.2. The van der Waals surface area contributed by atoms with Gasteiger partial charge >= 0.3 is 0 Å². The highest BCUT2D eigenvalue weighted by molar-refractivity contribution is 6.30. The van der Waals surface area contributed by atoms with Crippen LogP contribution in [0.4, 0.5) is 0 Å². The monoisotopic (exact) mass is 477 g/mol.